The Morgan fingerprint density at radius 1 is 1.10 bits per heavy atom. The number of hydrogen-bond acceptors (Lipinski definition) is 5. The maximum Gasteiger partial charge on any atom is 0.339 e. The van der Waals surface area contributed by atoms with Gasteiger partial charge in [-0.3, -0.25) is 4.79 Å². The van der Waals surface area contributed by atoms with Gasteiger partial charge in [-0.05, 0) is 55.3 Å². The quantitative estimate of drug-likeness (QED) is 0.574. The number of methoxy groups -OCH3 is 1. The molecule has 0 bridgehead atoms. The fraction of sp³-hybridized carbons (Fsp3) is 0.350. The van der Waals surface area contributed by atoms with Gasteiger partial charge in [-0.25, -0.2) is 8.78 Å². The van der Waals surface area contributed by atoms with E-state index >= 15 is 0 Å². The summed E-state index contributed by atoms with van der Waals surface area (Å²) in [5.74, 6) is -0.592. The van der Waals surface area contributed by atoms with Crippen LogP contribution in [0.5, 0.6) is 5.75 Å². The number of aryl methyl sites for hydroxylation is 2. The summed E-state index contributed by atoms with van der Waals surface area (Å²) in [4.78, 5) is 13.5. The lowest BCUT2D eigenvalue weighted by atomic mass is 10.2. The van der Waals surface area contributed by atoms with E-state index in [1.165, 1.54) is 37.4 Å². The minimum absolute atomic E-state index is 0.0128. The van der Waals surface area contributed by atoms with Gasteiger partial charge in [0.25, 0.3) is 12.3 Å². The van der Waals surface area contributed by atoms with Crippen LogP contribution in [0.4, 0.5) is 8.78 Å². The van der Waals surface area contributed by atoms with E-state index in [1.807, 2.05) is 0 Å². The van der Waals surface area contributed by atoms with Gasteiger partial charge in [0, 0.05) is 19.2 Å². The molecule has 0 radical (unpaired) electrons. The van der Waals surface area contributed by atoms with E-state index in [-0.39, 0.29) is 29.4 Å². The van der Waals surface area contributed by atoms with Crippen molar-refractivity contribution in [3.63, 3.8) is 0 Å². The van der Waals surface area contributed by atoms with E-state index in [2.05, 4.69) is 0 Å². The average molecular weight is 427 g/mol. The third-order valence-electron chi connectivity index (χ3n) is 4.13. The third kappa shape index (κ3) is 6.23. The van der Waals surface area contributed by atoms with Crippen LogP contribution in [0.3, 0.4) is 0 Å². The fourth-order valence-electron chi connectivity index (χ4n) is 2.63. The molecule has 0 aliphatic rings. The highest BCUT2D eigenvalue weighted by atomic mass is 32.2. The number of ether oxygens (including phenoxy) is 1. The van der Waals surface area contributed by atoms with E-state index in [9.17, 15) is 22.0 Å². The van der Waals surface area contributed by atoms with Gasteiger partial charge in [-0.15, -0.1) is 0 Å². The Bertz CT molecular complexity index is 946. The van der Waals surface area contributed by atoms with E-state index in [0.717, 1.165) is 10.5 Å². The van der Waals surface area contributed by atoms with E-state index in [1.54, 1.807) is 26.0 Å². The number of hydrogen-bond donors (Lipinski definition) is 0. The normalized spacial score (nSPS) is 11.5. The summed E-state index contributed by atoms with van der Waals surface area (Å²) < 4.78 is 60.6. The van der Waals surface area contributed by atoms with Gasteiger partial charge in [0.2, 0.25) is 0 Å². The zero-order valence-corrected chi connectivity index (χ0v) is 17.2. The van der Waals surface area contributed by atoms with Crippen LogP contribution < -0.4 is 4.18 Å². The summed E-state index contributed by atoms with van der Waals surface area (Å²) in [7, 11) is -2.64. The maximum absolute atomic E-state index is 12.7. The van der Waals surface area contributed by atoms with Crippen LogP contribution in [0.25, 0.3) is 0 Å². The molecule has 1 amide bonds. The van der Waals surface area contributed by atoms with Crippen molar-refractivity contribution in [2.75, 3.05) is 26.8 Å². The summed E-state index contributed by atoms with van der Waals surface area (Å²) in [6.07, 6.45) is -2.68. The second-order valence-electron chi connectivity index (χ2n) is 6.47. The first kappa shape index (κ1) is 22.8. The smallest absolute Gasteiger partial charge is 0.339 e. The van der Waals surface area contributed by atoms with Crippen molar-refractivity contribution in [3.8, 4) is 5.75 Å². The largest absolute Gasteiger partial charge is 0.383 e. The average Bonchev–Trinajstić information content (AvgIpc) is 2.66. The van der Waals surface area contributed by atoms with Crippen LogP contribution in [-0.4, -0.2) is 52.5 Å². The van der Waals surface area contributed by atoms with Crippen LogP contribution in [0.15, 0.2) is 47.4 Å². The Labute approximate surface area is 169 Å². The molecule has 2 aromatic rings. The number of rotatable bonds is 9. The molecule has 0 saturated heterocycles. The first-order valence-electron chi connectivity index (χ1n) is 8.82. The summed E-state index contributed by atoms with van der Waals surface area (Å²) in [5.41, 5.74) is 1.45. The highest BCUT2D eigenvalue weighted by Crippen LogP contribution is 2.23. The number of carbonyl (C=O) groups excluding carboxylic acids is 1. The van der Waals surface area contributed by atoms with Gasteiger partial charge in [0.15, 0.2) is 0 Å². The topological polar surface area (TPSA) is 72.9 Å². The third-order valence-corrected chi connectivity index (χ3v) is 5.52. The first-order chi connectivity index (χ1) is 13.6. The molecule has 158 valence electrons. The number of amides is 1. The standard InChI is InChI=1S/C20H23F2NO5S/c1-14-4-5-15(2)18(12-14)29(25,26)28-17-8-6-16(7-9-17)20(24)23(10-11-27-3)13-19(21)22/h4-9,12,19H,10-11,13H2,1-3H3. The van der Waals surface area contributed by atoms with E-state index in [4.69, 9.17) is 8.92 Å². The lowest BCUT2D eigenvalue weighted by Gasteiger charge is -2.22. The molecule has 0 aliphatic carbocycles. The molecule has 6 nitrogen and oxygen atoms in total. The Morgan fingerprint density at radius 3 is 2.34 bits per heavy atom. The van der Waals surface area contributed by atoms with Gasteiger partial charge in [0.1, 0.15) is 10.6 Å². The molecule has 0 spiro atoms. The molecule has 2 aromatic carbocycles. The summed E-state index contributed by atoms with van der Waals surface area (Å²) in [5, 5.41) is 0. The van der Waals surface area contributed by atoms with E-state index < -0.39 is 29.0 Å². The van der Waals surface area contributed by atoms with Crippen molar-refractivity contribution in [2.24, 2.45) is 0 Å². The monoisotopic (exact) mass is 427 g/mol. The van der Waals surface area contributed by atoms with Crippen LogP contribution in [0.2, 0.25) is 0 Å². The molecule has 0 unspecified atom stereocenters. The minimum atomic E-state index is -4.05. The number of alkyl halides is 2. The SMILES string of the molecule is COCCN(CC(F)F)C(=O)c1ccc(OS(=O)(=O)c2cc(C)ccc2C)cc1. The molecule has 0 heterocycles. The van der Waals surface area contributed by atoms with Crippen molar-refractivity contribution in [2.45, 2.75) is 25.2 Å². The van der Waals surface area contributed by atoms with Gasteiger partial charge < -0.3 is 13.8 Å². The lowest BCUT2D eigenvalue weighted by Crippen LogP contribution is -2.37. The van der Waals surface area contributed by atoms with Crippen molar-refractivity contribution < 1.29 is 30.9 Å². The number of nitrogens with zero attached hydrogens (tertiary/aromatic N) is 1. The van der Waals surface area contributed by atoms with Crippen molar-refractivity contribution in [1.82, 2.24) is 4.90 Å². The number of halogens is 2. The molecular formula is C20H23F2NO5S. The van der Waals surface area contributed by atoms with Crippen LogP contribution in [0.1, 0.15) is 21.5 Å². The zero-order chi connectivity index (χ0) is 21.6. The lowest BCUT2D eigenvalue weighted by molar-refractivity contribution is 0.0478. The molecular weight excluding hydrogens is 404 g/mol. The van der Waals surface area contributed by atoms with Crippen molar-refractivity contribution >= 4 is 16.0 Å². The molecule has 0 aliphatic heterocycles. The predicted molar refractivity (Wildman–Crippen MR) is 104 cm³/mol. The molecule has 0 saturated carbocycles. The van der Waals surface area contributed by atoms with Gasteiger partial charge in [-0.2, -0.15) is 8.42 Å². The molecule has 0 N–H and O–H groups in total. The van der Waals surface area contributed by atoms with E-state index in [0.29, 0.717) is 5.56 Å². The molecule has 0 atom stereocenters. The molecule has 29 heavy (non-hydrogen) atoms. The van der Waals surface area contributed by atoms with Crippen LogP contribution in [-0.2, 0) is 14.9 Å². The highest BCUT2D eigenvalue weighted by molar-refractivity contribution is 7.87. The maximum atomic E-state index is 12.7. The minimum Gasteiger partial charge on any atom is -0.383 e. The summed E-state index contributed by atoms with van der Waals surface area (Å²) in [6, 6.07) is 10.3. The first-order valence-corrected chi connectivity index (χ1v) is 10.2. The Morgan fingerprint density at radius 2 is 1.76 bits per heavy atom. The summed E-state index contributed by atoms with van der Waals surface area (Å²) >= 11 is 0. The second-order valence-corrected chi connectivity index (χ2v) is 7.98. The van der Waals surface area contributed by atoms with Crippen molar-refractivity contribution in [1.29, 1.82) is 0 Å². The fourth-order valence-corrected chi connectivity index (χ4v) is 3.87. The van der Waals surface area contributed by atoms with Crippen LogP contribution >= 0.6 is 0 Å². The van der Waals surface area contributed by atoms with Gasteiger partial charge in [0.05, 0.1) is 13.2 Å². The zero-order valence-electron chi connectivity index (χ0n) is 16.4. The predicted octanol–water partition coefficient (Wildman–Crippen LogP) is 3.42. The van der Waals surface area contributed by atoms with Gasteiger partial charge >= 0.3 is 10.1 Å². The van der Waals surface area contributed by atoms with Crippen molar-refractivity contribution in [3.05, 3.63) is 59.2 Å². The highest BCUT2D eigenvalue weighted by Gasteiger charge is 2.22. The molecule has 9 heteroatoms. The number of carbonyl (C=O) groups is 1. The molecule has 2 rings (SSSR count). The van der Waals surface area contributed by atoms with Gasteiger partial charge in [-0.1, -0.05) is 12.1 Å². The molecule has 0 aromatic heterocycles. The Kier molecular flexibility index (Phi) is 7.69. The van der Waals surface area contributed by atoms with Crippen LogP contribution in [0, 0.1) is 13.8 Å². The Balaban J connectivity index is 2.18. The second kappa shape index (κ2) is 9.80. The number of benzene rings is 2. The Hall–Kier alpha value is -2.52. The summed E-state index contributed by atoms with van der Waals surface area (Å²) in [6.45, 7) is 2.84. The molecule has 0 fully saturated rings.